The largest absolute Gasteiger partial charge is 0.488 e. The minimum absolute atomic E-state index is 0.0953. The van der Waals surface area contributed by atoms with E-state index in [-0.39, 0.29) is 30.6 Å². The van der Waals surface area contributed by atoms with Crippen molar-refractivity contribution in [1.82, 2.24) is 4.90 Å². The number of hydrogen-bond donors (Lipinski definition) is 1. The maximum Gasteiger partial charge on any atom is 0.306 e. The van der Waals surface area contributed by atoms with Gasteiger partial charge in [-0.25, -0.2) is 8.78 Å². The number of amides is 1. The van der Waals surface area contributed by atoms with Crippen LogP contribution in [0.3, 0.4) is 0 Å². The van der Waals surface area contributed by atoms with E-state index in [1.807, 2.05) is 6.92 Å². The molecule has 0 saturated heterocycles. The normalized spacial score (nSPS) is 22.0. The molecule has 0 spiro atoms. The molecule has 27 heavy (non-hydrogen) atoms. The number of benzene rings is 1. The topological polar surface area (TPSA) is 66.8 Å². The van der Waals surface area contributed by atoms with Crippen molar-refractivity contribution in [3.8, 4) is 5.75 Å². The molecule has 1 aliphatic heterocycles. The second-order valence-electron chi connectivity index (χ2n) is 7.48. The summed E-state index contributed by atoms with van der Waals surface area (Å²) < 4.78 is 34.2. The monoisotopic (exact) mass is 381 g/mol. The molecule has 2 aliphatic rings. The molecule has 7 heteroatoms. The number of carbonyl (C=O) groups is 2. The molecule has 148 valence electrons. The van der Waals surface area contributed by atoms with Crippen molar-refractivity contribution < 1.29 is 28.2 Å². The number of carbonyl (C=O) groups excluding carboxylic acids is 1. The average molecular weight is 381 g/mol. The highest BCUT2D eigenvalue weighted by molar-refractivity contribution is 5.99. The molecule has 0 aromatic heterocycles. The summed E-state index contributed by atoms with van der Waals surface area (Å²) in [6.45, 7) is 2.76. The van der Waals surface area contributed by atoms with Gasteiger partial charge in [0.15, 0.2) is 17.4 Å². The number of aliphatic carboxylic acids is 1. The van der Waals surface area contributed by atoms with Crippen LogP contribution in [0.15, 0.2) is 6.07 Å². The number of fused-ring (bicyclic) bond motifs is 1. The smallest absolute Gasteiger partial charge is 0.306 e. The number of carboxylic acid groups (broad SMARTS) is 1. The molecule has 1 saturated carbocycles. The molecule has 1 aliphatic carbocycles. The Balaban J connectivity index is 1.68. The summed E-state index contributed by atoms with van der Waals surface area (Å²) in [5.74, 6) is -3.51. The first-order valence-electron chi connectivity index (χ1n) is 9.58. The first kappa shape index (κ1) is 19.6. The molecule has 0 bridgehead atoms. The number of halogens is 2. The number of carboxylic acids is 1. The molecular formula is C20H25F2NO4. The van der Waals surface area contributed by atoms with Crippen LogP contribution in [0.2, 0.25) is 0 Å². The summed E-state index contributed by atoms with van der Waals surface area (Å²) in [6, 6.07) is 1.19. The van der Waals surface area contributed by atoms with Crippen LogP contribution in [0, 0.1) is 23.5 Å². The minimum Gasteiger partial charge on any atom is -0.488 e. The highest BCUT2D eigenvalue weighted by atomic mass is 19.1. The molecule has 1 aromatic rings. The van der Waals surface area contributed by atoms with E-state index < -0.39 is 29.3 Å². The van der Waals surface area contributed by atoms with Gasteiger partial charge < -0.3 is 14.7 Å². The molecule has 0 radical (unpaired) electrons. The van der Waals surface area contributed by atoms with E-state index in [9.17, 15) is 18.4 Å². The van der Waals surface area contributed by atoms with Gasteiger partial charge >= 0.3 is 5.97 Å². The quantitative estimate of drug-likeness (QED) is 0.725. The van der Waals surface area contributed by atoms with Crippen LogP contribution in [0.25, 0.3) is 0 Å². The van der Waals surface area contributed by atoms with Crippen molar-refractivity contribution in [1.29, 1.82) is 0 Å². The fourth-order valence-electron chi connectivity index (χ4n) is 3.94. The molecule has 5 nitrogen and oxygen atoms in total. The minimum atomic E-state index is -0.914. The molecule has 1 N–H and O–H groups in total. The zero-order valence-electron chi connectivity index (χ0n) is 15.5. The summed E-state index contributed by atoms with van der Waals surface area (Å²) >= 11 is 0. The lowest BCUT2D eigenvalue weighted by atomic mass is 9.82. The zero-order chi connectivity index (χ0) is 19.6. The van der Waals surface area contributed by atoms with Crippen molar-refractivity contribution in [3.63, 3.8) is 0 Å². The summed E-state index contributed by atoms with van der Waals surface area (Å²) in [7, 11) is 0. The van der Waals surface area contributed by atoms with Gasteiger partial charge in [0.05, 0.1) is 18.1 Å². The Morgan fingerprint density at radius 2 is 2.00 bits per heavy atom. The van der Waals surface area contributed by atoms with E-state index >= 15 is 0 Å². The van der Waals surface area contributed by atoms with Gasteiger partial charge in [0.2, 0.25) is 0 Å². The first-order valence-corrected chi connectivity index (χ1v) is 9.58. The van der Waals surface area contributed by atoms with Gasteiger partial charge in [-0.1, -0.05) is 13.3 Å². The third-order valence-electron chi connectivity index (χ3n) is 5.54. The van der Waals surface area contributed by atoms with E-state index in [0.29, 0.717) is 31.4 Å². The average Bonchev–Trinajstić information content (AvgIpc) is 2.93. The lowest BCUT2D eigenvalue weighted by Crippen LogP contribution is -2.33. The Morgan fingerprint density at radius 1 is 1.30 bits per heavy atom. The SMILES string of the molecule is CCCCOc1c(F)cc2c(c1F)C(=O)N(C[C@H]1CC[C@H](C(=O)O)CC1)C2. The van der Waals surface area contributed by atoms with Crippen molar-refractivity contribution in [2.75, 3.05) is 13.2 Å². The van der Waals surface area contributed by atoms with Crippen LogP contribution in [0.4, 0.5) is 8.78 Å². The predicted molar refractivity (Wildman–Crippen MR) is 94.6 cm³/mol. The zero-order valence-corrected chi connectivity index (χ0v) is 15.5. The Labute approximate surface area is 157 Å². The van der Waals surface area contributed by atoms with Gasteiger partial charge in [0, 0.05) is 13.1 Å². The number of rotatable bonds is 7. The lowest BCUT2D eigenvalue weighted by Gasteiger charge is -2.29. The molecular weight excluding hydrogens is 356 g/mol. The Morgan fingerprint density at radius 3 is 2.63 bits per heavy atom. The maximum absolute atomic E-state index is 14.7. The summed E-state index contributed by atoms with van der Waals surface area (Å²) in [6.07, 6.45) is 4.14. The van der Waals surface area contributed by atoms with Gasteiger partial charge in [-0.3, -0.25) is 9.59 Å². The molecule has 1 amide bonds. The second kappa shape index (κ2) is 8.23. The third kappa shape index (κ3) is 4.06. The Bertz CT molecular complexity index is 729. The number of unbranched alkanes of at least 4 members (excludes halogenated alkanes) is 1. The van der Waals surface area contributed by atoms with E-state index in [1.165, 1.54) is 11.0 Å². The van der Waals surface area contributed by atoms with Crippen molar-refractivity contribution in [2.24, 2.45) is 11.8 Å². The fraction of sp³-hybridized carbons (Fsp3) is 0.600. The lowest BCUT2D eigenvalue weighted by molar-refractivity contribution is -0.143. The molecule has 0 atom stereocenters. The van der Waals surface area contributed by atoms with E-state index in [1.54, 1.807) is 0 Å². The molecule has 1 aromatic carbocycles. The van der Waals surface area contributed by atoms with E-state index in [4.69, 9.17) is 9.84 Å². The van der Waals surface area contributed by atoms with Crippen LogP contribution in [-0.4, -0.2) is 35.0 Å². The fourth-order valence-corrected chi connectivity index (χ4v) is 3.94. The van der Waals surface area contributed by atoms with Crippen molar-refractivity contribution in [2.45, 2.75) is 52.0 Å². The number of ether oxygens (including phenoxy) is 1. The number of hydrogen-bond acceptors (Lipinski definition) is 3. The maximum atomic E-state index is 14.7. The Kier molecular flexibility index (Phi) is 5.97. The second-order valence-corrected chi connectivity index (χ2v) is 7.48. The number of nitrogens with zero attached hydrogens (tertiary/aromatic N) is 1. The predicted octanol–water partition coefficient (Wildman–Crippen LogP) is 3.99. The van der Waals surface area contributed by atoms with Crippen LogP contribution in [-0.2, 0) is 11.3 Å². The highest BCUT2D eigenvalue weighted by Crippen LogP contribution is 2.36. The van der Waals surface area contributed by atoms with Crippen LogP contribution in [0.5, 0.6) is 5.75 Å². The first-order chi connectivity index (χ1) is 12.9. The summed E-state index contributed by atoms with van der Waals surface area (Å²) in [5.41, 5.74) is 0.249. The van der Waals surface area contributed by atoms with E-state index in [0.717, 1.165) is 19.3 Å². The standard InChI is InChI=1S/C20H25F2NO4/c1-2-3-8-27-18-15(21)9-14-11-23(19(24)16(14)17(18)22)10-12-4-6-13(7-5-12)20(25)26/h9,12-13H,2-8,10-11H2,1H3,(H,25,26)/t12-,13-. The van der Waals surface area contributed by atoms with Crippen molar-refractivity contribution >= 4 is 11.9 Å². The van der Waals surface area contributed by atoms with Gasteiger partial charge in [-0.2, -0.15) is 0 Å². The van der Waals surface area contributed by atoms with Gasteiger partial charge in [0.25, 0.3) is 5.91 Å². The van der Waals surface area contributed by atoms with Gasteiger partial charge in [0.1, 0.15) is 0 Å². The molecule has 0 unspecified atom stereocenters. The summed E-state index contributed by atoms with van der Waals surface area (Å²) in [5, 5.41) is 9.08. The van der Waals surface area contributed by atoms with Crippen LogP contribution >= 0.6 is 0 Å². The van der Waals surface area contributed by atoms with Gasteiger partial charge in [-0.05, 0) is 49.7 Å². The molecule has 3 rings (SSSR count). The Hall–Kier alpha value is -2.18. The highest BCUT2D eigenvalue weighted by Gasteiger charge is 2.36. The molecule has 1 fully saturated rings. The van der Waals surface area contributed by atoms with Crippen molar-refractivity contribution in [3.05, 3.63) is 28.8 Å². The van der Waals surface area contributed by atoms with Crippen LogP contribution < -0.4 is 4.74 Å². The molecule has 1 heterocycles. The summed E-state index contributed by atoms with van der Waals surface area (Å²) in [4.78, 5) is 25.3. The van der Waals surface area contributed by atoms with Gasteiger partial charge in [-0.15, -0.1) is 0 Å². The van der Waals surface area contributed by atoms with Crippen LogP contribution in [0.1, 0.15) is 61.4 Å². The van der Waals surface area contributed by atoms with E-state index in [2.05, 4.69) is 0 Å². The third-order valence-corrected chi connectivity index (χ3v) is 5.54.